The molecule has 0 aliphatic heterocycles. The van der Waals surface area contributed by atoms with Crippen molar-refractivity contribution in [1.82, 2.24) is 0 Å². The zero-order chi connectivity index (χ0) is 12.8. The highest BCUT2D eigenvalue weighted by Gasteiger charge is 2.11. The fourth-order valence-corrected chi connectivity index (χ4v) is 2.05. The smallest absolute Gasteiger partial charge is 0.128 e. The number of hydrogen-bond donors (Lipinski definition) is 1. The van der Waals surface area contributed by atoms with Crippen LogP contribution in [-0.4, -0.2) is 5.11 Å². The van der Waals surface area contributed by atoms with Crippen LogP contribution in [0.2, 0.25) is 0 Å². The molecule has 0 aliphatic rings. The van der Waals surface area contributed by atoms with Crippen LogP contribution in [0.4, 0.5) is 4.39 Å². The topological polar surface area (TPSA) is 20.2 Å². The van der Waals surface area contributed by atoms with Crippen molar-refractivity contribution in [2.75, 3.05) is 0 Å². The fraction of sp³-hybridized carbons (Fsp3) is 0.250. The second kappa shape index (κ2) is 6.31. The number of hydrogen-bond acceptors (Lipinski definition) is 1. The maximum atomic E-state index is 13.4. The Morgan fingerprint density at radius 1 is 0.944 bits per heavy atom. The van der Waals surface area contributed by atoms with E-state index in [4.69, 9.17) is 0 Å². The van der Waals surface area contributed by atoms with Gasteiger partial charge in [0, 0.05) is 5.56 Å². The second-order valence-electron chi connectivity index (χ2n) is 4.42. The van der Waals surface area contributed by atoms with Crippen molar-refractivity contribution in [1.29, 1.82) is 0 Å². The molecule has 2 aromatic carbocycles. The van der Waals surface area contributed by atoms with Crippen LogP contribution in [0.3, 0.4) is 0 Å². The first-order valence-corrected chi connectivity index (χ1v) is 6.24. The fourth-order valence-electron chi connectivity index (χ4n) is 2.05. The van der Waals surface area contributed by atoms with Crippen LogP contribution in [0.1, 0.15) is 30.1 Å². The molecule has 0 spiro atoms. The highest BCUT2D eigenvalue weighted by atomic mass is 19.1. The van der Waals surface area contributed by atoms with Gasteiger partial charge in [-0.15, -0.1) is 0 Å². The van der Waals surface area contributed by atoms with Gasteiger partial charge in [-0.2, -0.15) is 0 Å². The molecule has 94 valence electrons. The minimum absolute atomic E-state index is 0.329. The van der Waals surface area contributed by atoms with Crippen LogP contribution in [0.15, 0.2) is 54.6 Å². The lowest BCUT2D eigenvalue weighted by Gasteiger charge is -2.11. The summed E-state index contributed by atoms with van der Waals surface area (Å²) in [5, 5.41) is 9.94. The average Bonchev–Trinajstić information content (AvgIpc) is 2.40. The molecule has 2 aromatic rings. The SMILES string of the molecule is OC(CCCc1ccccc1)c1ccccc1F. The number of rotatable bonds is 5. The Labute approximate surface area is 107 Å². The van der Waals surface area contributed by atoms with Crippen molar-refractivity contribution in [3.63, 3.8) is 0 Å². The summed E-state index contributed by atoms with van der Waals surface area (Å²) >= 11 is 0. The van der Waals surface area contributed by atoms with Crippen molar-refractivity contribution >= 4 is 0 Å². The van der Waals surface area contributed by atoms with E-state index in [1.807, 2.05) is 18.2 Å². The minimum Gasteiger partial charge on any atom is -0.388 e. The highest BCUT2D eigenvalue weighted by molar-refractivity contribution is 5.20. The molecule has 0 aliphatic carbocycles. The number of benzene rings is 2. The molecule has 0 radical (unpaired) electrons. The summed E-state index contributed by atoms with van der Waals surface area (Å²) in [5.74, 6) is -0.329. The first-order valence-electron chi connectivity index (χ1n) is 6.24. The third kappa shape index (κ3) is 3.41. The van der Waals surface area contributed by atoms with E-state index in [1.165, 1.54) is 11.6 Å². The van der Waals surface area contributed by atoms with Crippen molar-refractivity contribution < 1.29 is 9.50 Å². The van der Waals surface area contributed by atoms with Gasteiger partial charge in [-0.25, -0.2) is 4.39 Å². The van der Waals surface area contributed by atoms with Gasteiger partial charge in [0.25, 0.3) is 0 Å². The van der Waals surface area contributed by atoms with Crippen LogP contribution >= 0.6 is 0 Å². The van der Waals surface area contributed by atoms with E-state index in [9.17, 15) is 9.50 Å². The normalized spacial score (nSPS) is 12.3. The lowest BCUT2D eigenvalue weighted by molar-refractivity contribution is 0.160. The Bertz CT molecular complexity index is 481. The lowest BCUT2D eigenvalue weighted by Crippen LogP contribution is -2.01. The Morgan fingerprint density at radius 3 is 2.33 bits per heavy atom. The maximum absolute atomic E-state index is 13.4. The summed E-state index contributed by atoms with van der Waals surface area (Å²) in [6.45, 7) is 0. The average molecular weight is 244 g/mol. The number of halogens is 1. The van der Waals surface area contributed by atoms with E-state index in [1.54, 1.807) is 18.2 Å². The summed E-state index contributed by atoms with van der Waals surface area (Å²) < 4.78 is 13.4. The van der Waals surface area contributed by atoms with Gasteiger partial charge in [0.15, 0.2) is 0 Å². The van der Waals surface area contributed by atoms with E-state index in [2.05, 4.69) is 12.1 Å². The Kier molecular flexibility index (Phi) is 4.48. The molecule has 0 saturated heterocycles. The van der Waals surface area contributed by atoms with Crippen molar-refractivity contribution in [3.8, 4) is 0 Å². The quantitative estimate of drug-likeness (QED) is 0.846. The van der Waals surface area contributed by atoms with Crippen molar-refractivity contribution in [3.05, 3.63) is 71.5 Å². The van der Waals surface area contributed by atoms with E-state index < -0.39 is 6.10 Å². The monoisotopic (exact) mass is 244 g/mol. The van der Waals surface area contributed by atoms with Gasteiger partial charge in [-0.1, -0.05) is 48.5 Å². The molecule has 0 amide bonds. The molecule has 0 bridgehead atoms. The van der Waals surface area contributed by atoms with Crippen LogP contribution in [-0.2, 0) is 6.42 Å². The molecule has 2 rings (SSSR count). The van der Waals surface area contributed by atoms with E-state index in [0.29, 0.717) is 12.0 Å². The van der Waals surface area contributed by atoms with Crippen molar-refractivity contribution in [2.24, 2.45) is 0 Å². The Balaban J connectivity index is 1.86. The molecular weight excluding hydrogens is 227 g/mol. The van der Waals surface area contributed by atoms with Crippen molar-refractivity contribution in [2.45, 2.75) is 25.4 Å². The van der Waals surface area contributed by atoms with Gasteiger partial charge in [0.05, 0.1) is 6.10 Å². The van der Waals surface area contributed by atoms with E-state index in [-0.39, 0.29) is 5.82 Å². The molecule has 1 unspecified atom stereocenters. The molecule has 1 atom stereocenters. The molecule has 0 heterocycles. The molecule has 1 nitrogen and oxygen atoms in total. The van der Waals surface area contributed by atoms with Gasteiger partial charge >= 0.3 is 0 Å². The van der Waals surface area contributed by atoms with Crippen LogP contribution in [0, 0.1) is 5.82 Å². The van der Waals surface area contributed by atoms with Crippen LogP contribution < -0.4 is 0 Å². The summed E-state index contributed by atoms with van der Waals surface area (Å²) in [7, 11) is 0. The molecule has 0 aromatic heterocycles. The minimum atomic E-state index is -0.713. The third-order valence-electron chi connectivity index (χ3n) is 3.05. The number of aliphatic hydroxyl groups excluding tert-OH is 1. The molecular formula is C16H17FO. The predicted octanol–water partition coefficient (Wildman–Crippen LogP) is 3.88. The number of aliphatic hydroxyl groups is 1. The van der Waals surface area contributed by atoms with Crippen LogP contribution in [0.25, 0.3) is 0 Å². The van der Waals surface area contributed by atoms with E-state index in [0.717, 1.165) is 12.8 Å². The van der Waals surface area contributed by atoms with Crippen LogP contribution in [0.5, 0.6) is 0 Å². The maximum Gasteiger partial charge on any atom is 0.128 e. The Hall–Kier alpha value is -1.67. The standard InChI is InChI=1S/C16H17FO/c17-15-11-5-4-10-14(15)16(18)12-6-9-13-7-2-1-3-8-13/h1-5,7-8,10-11,16,18H,6,9,12H2. The highest BCUT2D eigenvalue weighted by Crippen LogP contribution is 2.21. The second-order valence-corrected chi connectivity index (χ2v) is 4.42. The van der Waals surface area contributed by atoms with Gasteiger partial charge in [-0.05, 0) is 30.9 Å². The summed E-state index contributed by atoms with van der Waals surface area (Å²) in [5.41, 5.74) is 1.64. The van der Waals surface area contributed by atoms with Gasteiger partial charge in [0.2, 0.25) is 0 Å². The lowest BCUT2D eigenvalue weighted by atomic mass is 10.0. The van der Waals surface area contributed by atoms with Gasteiger partial charge in [0.1, 0.15) is 5.82 Å². The molecule has 2 heteroatoms. The summed E-state index contributed by atoms with van der Waals surface area (Å²) in [6, 6.07) is 16.5. The third-order valence-corrected chi connectivity index (χ3v) is 3.05. The Morgan fingerprint density at radius 2 is 1.61 bits per heavy atom. The summed E-state index contributed by atoms with van der Waals surface area (Å²) in [6.07, 6.45) is 1.62. The molecule has 18 heavy (non-hydrogen) atoms. The molecule has 0 saturated carbocycles. The first-order chi connectivity index (χ1) is 8.77. The first kappa shape index (κ1) is 12.8. The summed E-state index contributed by atoms with van der Waals surface area (Å²) in [4.78, 5) is 0. The molecule has 1 N–H and O–H groups in total. The number of aryl methyl sites for hydroxylation is 1. The predicted molar refractivity (Wildman–Crippen MR) is 70.7 cm³/mol. The zero-order valence-corrected chi connectivity index (χ0v) is 10.2. The zero-order valence-electron chi connectivity index (χ0n) is 10.2. The largest absolute Gasteiger partial charge is 0.388 e. The van der Waals surface area contributed by atoms with Gasteiger partial charge in [-0.3, -0.25) is 0 Å². The molecule has 0 fully saturated rings. The van der Waals surface area contributed by atoms with Gasteiger partial charge < -0.3 is 5.11 Å². The van der Waals surface area contributed by atoms with E-state index >= 15 is 0 Å².